The van der Waals surface area contributed by atoms with Gasteiger partial charge in [0, 0.05) is 11.0 Å². The van der Waals surface area contributed by atoms with Gasteiger partial charge in [-0.15, -0.1) is 0 Å². The summed E-state index contributed by atoms with van der Waals surface area (Å²) in [5.74, 6) is 0.716. The van der Waals surface area contributed by atoms with E-state index in [4.69, 9.17) is 4.74 Å². The third-order valence-corrected chi connectivity index (χ3v) is 3.77. The van der Waals surface area contributed by atoms with Gasteiger partial charge in [-0.1, -0.05) is 34.1 Å². The van der Waals surface area contributed by atoms with Crippen LogP contribution in [0.2, 0.25) is 0 Å². The van der Waals surface area contributed by atoms with Crippen molar-refractivity contribution in [1.29, 1.82) is 0 Å². The number of hydrogen-bond acceptors (Lipinski definition) is 3. The highest BCUT2D eigenvalue weighted by Gasteiger charge is 2.05. The van der Waals surface area contributed by atoms with Crippen molar-refractivity contribution in [2.45, 2.75) is 19.5 Å². The molecule has 0 aliphatic carbocycles. The first-order chi connectivity index (χ1) is 12.0. The summed E-state index contributed by atoms with van der Waals surface area (Å²) in [6.07, 6.45) is 0.862. The SMILES string of the molecule is O=C(CCOc1cccc(Br)c1)NCCc1ccc(OC(F)F)cc1. The lowest BCUT2D eigenvalue weighted by molar-refractivity contribution is -0.121. The van der Waals surface area contributed by atoms with Crippen LogP contribution in [0.3, 0.4) is 0 Å². The first-order valence-corrected chi connectivity index (χ1v) is 8.51. The van der Waals surface area contributed by atoms with Crippen molar-refractivity contribution in [3.63, 3.8) is 0 Å². The largest absolute Gasteiger partial charge is 0.493 e. The average Bonchev–Trinajstić information content (AvgIpc) is 2.56. The Hall–Kier alpha value is -2.15. The zero-order chi connectivity index (χ0) is 18.1. The molecule has 0 saturated heterocycles. The van der Waals surface area contributed by atoms with Gasteiger partial charge in [0.05, 0.1) is 13.0 Å². The highest BCUT2D eigenvalue weighted by Crippen LogP contribution is 2.18. The van der Waals surface area contributed by atoms with Crippen molar-refractivity contribution in [1.82, 2.24) is 5.32 Å². The van der Waals surface area contributed by atoms with E-state index in [0.717, 1.165) is 10.0 Å². The van der Waals surface area contributed by atoms with Crippen molar-refractivity contribution >= 4 is 21.8 Å². The van der Waals surface area contributed by atoms with E-state index in [1.54, 1.807) is 12.1 Å². The van der Waals surface area contributed by atoms with Gasteiger partial charge in [-0.2, -0.15) is 8.78 Å². The van der Waals surface area contributed by atoms with Gasteiger partial charge in [0.2, 0.25) is 5.91 Å². The van der Waals surface area contributed by atoms with Gasteiger partial charge >= 0.3 is 6.61 Å². The zero-order valence-electron chi connectivity index (χ0n) is 13.4. The number of carbonyl (C=O) groups is 1. The monoisotopic (exact) mass is 413 g/mol. The van der Waals surface area contributed by atoms with Crippen molar-refractivity contribution < 1.29 is 23.0 Å². The van der Waals surface area contributed by atoms with Crippen molar-refractivity contribution in [3.8, 4) is 11.5 Å². The summed E-state index contributed by atoms with van der Waals surface area (Å²) in [6, 6.07) is 13.8. The summed E-state index contributed by atoms with van der Waals surface area (Å²) in [4.78, 5) is 11.8. The molecular formula is C18H18BrF2NO3. The molecule has 0 spiro atoms. The Morgan fingerprint density at radius 2 is 1.88 bits per heavy atom. The first-order valence-electron chi connectivity index (χ1n) is 7.72. The van der Waals surface area contributed by atoms with Gasteiger partial charge < -0.3 is 14.8 Å². The van der Waals surface area contributed by atoms with E-state index in [0.29, 0.717) is 25.3 Å². The van der Waals surface area contributed by atoms with E-state index in [-0.39, 0.29) is 18.1 Å². The third kappa shape index (κ3) is 7.51. The molecule has 134 valence electrons. The maximum atomic E-state index is 12.1. The van der Waals surface area contributed by atoms with Crippen LogP contribution in [0.1, 0.15) is 12.0 Å². The molecule has 0 unspecified atom stereocenters. The molecule has 0 bridgehead atoms. The first kappa shape index (κ1) is 19.2. The van der Waals surface area contributed by atoms with Gasteiger partial charge in [0.25, 0.3) is 0 Å². The number of benzene rings is 2. The van der Waals surface area contributed by atoms with Crippen molar-refractivity contribution in [2.24, 2.45) is 0 Å². The lowest BCUT2D eigenvalue weighted by atomic mass is 10.1. The van der Waals surface area contributed by atoms with E-state index < -0.39 is 6.61 Å². The van der Waals surface area contributed by atoms with Crippen molar-refractivity contribution in [3.05, 3.63) is 58.6 Å². The lowest BCUT2D eigenvalue weighted by Crippen LogP contribution is -2.27. The molecule has 1 amide bonds. The number of ether oxygens (including phenoxy) is 2. The smallest absolute Gasteiger partial charge is 0.387 e. The molecule has 0 radical (unpaired) electrons. The maximum absolute atomic E-state index is 12.1. The topological polar surface area (TPSA) is 47.6 Å². The summed E-state index contributed by atoms with van der Waals surface area (Å²) in [5, 5.41) is 2.80. The Morgan fingerprint density at radius 1 is 1.12 bits per heavy atom. The van der Waals surface area contributed by atoms with Gasteiger partial charge in [-0.05, 0) is 42.3 Å². The predicted octanol–water partition coefficient (Wildman–Crippen LogP) is 4.18. The molecule has 7 heteroatoms. The zero-order valence-corrected chi connectivity index (χ0v) is 15.0. The molecule has 0 aliphatic heterocycles. The molecule has 0 heterocycles. The number of halogens is 3. The number of hydrogen-bond donors (Lipinski definition) is 1. The normalized spacial score (nSPS) is 10.6. The second kappa shape index (κ2) is 9.98. The van der Waals surface area contributed by atoms with Crippen LogP contribution >= 0.6 is 15.9 Å². The summed E-state index contributed by atoms with van der Waals surface area (Å²) in [6.45, 7) is -2.07. The quantitative estimate of drug-likeness (QED) is 0.670. The standard InChI is InChI=1S/C18H18BrF2NO3/c19-14-2-1-3-16(12-14)24-11-9-17(23)22-10-8-13-4-6-15(7-5-13)25-18(20)21/h1-7,12,18H,8-11H2,(H,22,23). The van der Waals surface area contributed by atoms with Crippen LogP contribution in [0.5, 0.6) is 11.5 Å². The number of rotatable bonds is 9. The molecule has 2 aromatic rings. The molecule has 0 aliphatic rings. The molecule has 0 atom stereocenters. The summed E-state index contributed by atoms with van der Waals surface area (Å²) in [5.41, 5.74) is 0.923. The van der Waals surface area contributed by atoms with Gasteiger partial charge in [0.15, 0.2) is 0 Å². The van der Waals surface area contributed by atoms with Crippen LogP contribution in [0.4, 0.5) is 8.78 Å². The Bertz CT molecular complexity index is 680. The van der Waals surface area contributed by atoms with Gasteiger partial charge in [0.1, 0.15) is 11.5 Å². The van der Waals surface area contributed by atoms with Crippen LogP contribution in [0.15, 0.2) is 53.0 Å². The van der Waals surface area contributed by atoms with Crippen molar-refractivity contribution in [2.75, 3.05) is 13.2 Å². The Balaban J connectivity index is 1.63. The Kier molecular flexibility index (Phi) is 7.66. The summed E-state index contributed by atoms with van der Waals surface area (Å²) in [7, 11) is 0. The maximum Gasteiger partial charge on any atom is 0.387 e. The fourth-order valence-corrected chi connectivity index (χ4v) is 2.47. The van der Waals surface area contributed by atoms with Crippen LogP contribution in [-0.4, -0.2) is 25.7 Å². The van der Waals surface area contributed by atoms with Gasteiger partial charge in [-0.25, -0.2) is 0 Å². The minimum atomic E-state index is -2.83. The molecule has 0 saturated carbocycles. The molecule has 0 fully saturated rings. The second-order valence-corrected chi connectivity index (χ2v) is 6.09. The second-order valence-electron chi connectivity index (χ2n) is 5.18. The molecule has 2 rings (SSSR count). The van der Waals surface area contributed by atoms with Crippen LogP contribution in [0, 0.1) is 0 Å². The molecule has 2 aromatic carbocycles. The number of alkyl halides is 2. The summed E-state index contributed by atoms with van der Waals surface area (Å²) >= 11 is 3.35. The van der Waals surface area contributed by atoms with E-state index in [1.807, 2.05) is 24.3 Å². The minimum Gasteiger partial charge on any atom is -0.493 e. The van der Waals surface area contributed by atoms with Crippen LogP contribution in [0.25, 0.3) is 0 Å². The third-order valence-electron chi connectivity index (χ3n) is 3.28. The molecule has 0 aromatic heterocycles. The molecule has 25 heavy (non-hydrogen) atoms. The fourth-order valence-electron chi connectivity index (χ4n) is 2.09. The van der Waals surface area contributed by atoms with Crippen LogP contribution < -0.4 is 14.8 Å². The average molecular weight is 414 g/mol. The van der Waals surface area contributed by atoms with Gasteiger partial charge in [-0.3, -0.25) is 4.79 Å². The van der Waals surface area contributed by atoms with E-state index >= 15 is 0 Å². The predicted molar refractivity (Wildman–Crippen MR) is 94.0 cm³/mol. The number of amides is 1. The van der Waals surface area contributed by atoms with E-state index in [9.17, 15) is 13.6 Å². The molecule has 1 N–H and O–H groups in total. The number of nitrogens with one attached hydrogen (secondary N) is 1. The number of carbonyl (C=O) groups excluding carboxylic acids is 1. The molecular weight excluding hydrogens is 396 g/mol. The van der Waals surface area contributed by atoms with E-state index in [2.05, 4.69) is 26.0 Å². The highest BCUT2D eigenvalue weighted by atomic mass is 79.9. The Morgan fingerprint density at radius 3 is 2.56 bits per heavy atom. The Labute approximate surface area is 153 Å². The minimum absolute atomic E-state index is 0.104. The fraction of sp³-hybridized carbons (Fsp3) is 0.278. The highest BCUT2D eigenvalue weighted by molar-refractivity contribution is 9.10. The summed E-state index contributed by atoms with van der Waals surface area (Å²) < 4.78 is 34.8. The molecule has 4 nitrogen and oxygen atoms in total. The van der Waals surface area contributed by atoms with Crippen LogP contribution in [-0.2, 0) is 11.2 Å². The van der Waals surface area contributed by atoms with E-state index in [1.165, 1.54) is 12.1 Å². The lowest BCUT2D eigenvalue weighted by Gasteiger charge is -2.08.